The fourth-order valence-electron chi connectivity index (χ4n) is 1.88. The van der Waals surface area contributed by atoms with Crippen LogP contribution >= 0.6 is 0 Å². The Balaban J connectivity index is 0.00000361. The zero-order valence-corrected chi connectivity index (χ0v) is 12.8. The van der Waals surface area contributed by atoms with E-state index in [0.29, 0.717) is 12.1 Å². The zero-order chi connectivity index (χ0) is 14.3. The van der Waals surface area contributed by atoms with E-state index in [0.717, 1.165) is 25.9 Å². The number of rotatable bonds is 7. The molecular weight excluding hydrogens is 278 g/mol. The lowest BCUT2D eigenvalue weighted by atomic mass is 10.2. The average Bonchev–Trinajstić information content (AvgIpc) is 2.39. The van der Waals surface area contributed by atoms with Crippen molar-refractivity contribution in [2.75, 3.05) is 13.1 Å². The highest BCUT2D eigenvalue weighted by atomic mass is 35.5. The van der Waals surface area contributed by atoms with Crippen molar-refractivity contribution in [3.63, 3.8) is 0 Å². The molecule has 1 aromatic heterocycles. The molecule has 0 bridgehead atoms. The molecule has 0 fully saturated rings. The lowest BCUT2D eigenvalue weighted by Crippen LogP contribution is -3.00. The van der Waals surface area contributed by atoms with Crippen LogP contribution in [0.1, 0.15) is 37.0 Å². The Morgan fingerprint density at radius 1 is 1.15 bits per heavy atom. The fraction of sp³-hybridized carbons (Fsp3) is 0.500. The number of hydrogen-bond acceptors (Lipinski definition) is 2. The standard InChI is InChI=1S/C14H21N3O2.ClH/c1-3-7-17(8-4-2)13(18)11-16-9-5-12(6-10-16)14(15)19;/h5-6,9-10H,3-4,7-8,11H2,1-2H3,(H-,15,19);1H. The van der Waals surface area contributed by atoms with Crippen molar-refractivity contribution in [2.24, 2.45) is 5.73 Å². The maximum absolute atomic E-state index is 12.1. The molecule has 2 amide bonds. The molecule has 0 aliphatic heterocycles. The lowest BCUT2D eigenvalue weighted by molar-refractivity contribution is -0.685. The maximum atomic E-state index is 12.1. The second kappa shape index (κ2) is 9.31. The molecule has 0 spiro atoms. The summed E-state index contributed by atoms with van der Waals surface area (Å²) < 4.78 is 1.76. The molecule has 0 radical (unpaired) electrons. The predicted octanol–water partition coefficient (Wildman–Crippen LogP) is -2.27. The first-order valence-electron chi connectivity index (χ1n) is 6.65. The smallest absolute Gasteiger partial charge is 0.288 e. The highest BCUT2D eigenvalue weighted by Crippen LogP contribution is 1.97. The molecule has 20 heavy (non-hydrogen) atoms. The number of hydrogen-bond donors (Lipinski definition) is 1. The van der Waals surface area contributed by atoms with Crippen molar-refractivity contribution in [3.05, 3.63) is 30.1 Å². The van der Waals surface area contributed by atoms with E-state index in [1.54, 1.807) is 29.1 Å². The van der Waals surface area contributed by atoms with Crippen LogP contribution in [0.2, 0.25) is 0 Å². The molecule has 0 saturated heterocycles. The summed E-state index contributed by atoms with van der Waals surface area (Å²) in [4.78, 5) is 24.9. The third kappa shape index (κ3) is 5.57. The molecule has 2 N–H and O–H groups in total. The van der Waals surface area contributed by atoms with Gasteiger partial charge in [0.1, 0.15) is 0 Å². The summed E-state index contributed by atoms with van der Waals surface area (Å²) in [6, 6.07) is 3.25. The van der Waals surface area contributed by atoms with Crippen molar-refractivity contribution < 1.29 is 26.6 Å². The highest BCUT2D eigenvalue weighted by Gasteiger charge is 2.16. The van der Waals surface area contributed by atoms with Gasteiger partial charge >= 0.3 is 0 Å². The zero-order valence-electron chi connectivity index (χ0n) is 12.0. The maximum Gasteiger partial charge on any atom is 0.288 e. The number of carbonyl (C=O) groups is 2. The van der Waals surface area contributed by atoms with E-state index < -0.39 is 5.91 Å². The molecule has 1 aromatic rings. The number of nitrogens with zero attached hydrogens (tertiary/aromatic N) is 2. The quantitative estimate of drug-likeness (QED) is 0.577. The van der Waals surface area contributed by atoms with Crippen LogP contribution in [0.25, 0.3) is 0 Å². The molecule has 0 aromatic carbocycles. The van der Waals surface area contributed by atoms with Crippen LogP contribution in [0.4, 0.5) is 0 Å². The third-order valence-electron chi connectivity index (χ3n) is 2.83. The normalized spacial score (nSPS) is 9.70. The van der Waals surface area contributed by atoms with Gasteiger partial charge in [-0.2, -0.15) is 4.57 Å². The Morgan fingerprint density at radius 2 is 1.65 bits per heavy atom. The minimum atomic E-state index is -0.461. The molecule has 112 valence electrons. The van der Waals surface area contributed by atoms with Crippen LogP contribution in [0.3, 0.4) is 0 Å². The largest absolute Gasteiger partial charge is 1.00 e. The Hall–Kier alpha value is -1.62. The van der Waals surface area contributed by atoms with Gasteiger partial charge in [0.15, 0.2) is 12.4 Å². The van der Waals surface area contributed by atoms with E-state index in [1.165, 1.54) is 0 Å². The minimum Gasteiger partial charge on any atom is -1.00 e. The van der Waals surface area contributed by atoms with Crippen LogP contribution in [-0.2, 0) is 11.3 Å². The first kappa shape index (κ1) is 18.4. The lowest BCUT2D eigenvalue weighted by Gasteiger charge is -2.19. The van der Waals surface area contributed by atoms with Crippen molar-refractivity contribution in [3.8, 4) is 0 Å². The summed E-state index contributed by atoms with van der Waals surface area (Å²) in [5.74, 6) is -0.363. The Bertz CT molecular complexity index is 429. The summed E-state index contributed by atoms with van der Waals surface area (Å²) in [5.41, 5.74) is 5.62. The van der Waals surface area contributed by atoms with Gasteiger partial charge in [-0.1, -0.05) is 13.8 Å². The van der Waals surface area contributed by atoms with E-state index in [9.17, 15) is 9.59 Å². The van der Waals surface area contributed by atoms with Crippen LogP contribution < -0.4 is 22.7 Å². The molecule has 0 atom stereocenters. The second-order valence-electron chi connectivity index (χ2n) is 4.50. The van der Waals surface area contributed by atoms with Crippen molar-refractivity contribution in [2.45, 2.75) is 33.2 Å². The highest BCUT2D eigenvalue weighted by molar-refractivity contribution is 5.92. The summed E-state index contributed by atoms with van der Waals surface area (Å²) in [6.07, 6.45) is 5.32. The molecule has 6 heteroatoms. The molecule has 0 unspecified atom stereocenters. The van der Waals surface area contributed by atoms with E-state index in [4.69, 9.17) is 5.73 Å². The van der Waals surface area contributed by atoms with E-state index in [-0.39, 0.29) is 18.3 Å². The summed E-state index contributed by atoms with van der Waals surface area (Å²) in [6.45, 7) is 5.98. The van der Waals surface area contributed by atoms with Crippen molar-refractivity contribution in [1.29, 1.82) is 0 Å². The summed E-state index contributed by atoms with van der Waals surface area (Å²) >= 11 is 0. The molecular formula is C14H22ClN3O2. The molecule has 0 saturated carbocycles. The number of amides is 2. The van der Waals surface area contributed by atoms with Gasteiger partial charge in [-0.25, -0.2) is 0 Å². The number of aromatic nitrogens is 1. The van der Waals surface area contributed by atoms with Gasteiger partial charge in [0.2, 0.25) is 12.5 Å². The third-order valence-corrected chi connectivity index (χ3v) is 2.83. The average molecular weight is 300 g/mol. The molecule has 1 rings (SSSR count). The van der Waals surface area contributed by atoms with Crippen molar-refractivity contribution in [1.82, 2.24) is 4.90 Å². The summed E-state index contributed by atoms with van der Waals surface area (Å²) in [5, 5.41) is 0. The van der Waals surface area contributed by atoms with Gasteiger partial charge in [0.05, 0.1) is 5.56 Å². The van der Waals surface area contributed by atoms with Gasteiger partial charge in [0.25, 0.3) is 5.91 Å². The van der Waals surface area contributed by atoms with Gasteiger partial charge in [-0.15, -0.1) is 0 Å². The van der Waals surface area contributed by atoms with Gasteiger partial charge < -0.3 is 23.0 Å². The van der Waals surface area contributed by atoms with Crippen molar-refractivity contribution >= 4 is 11.8 Å². The van der Waals surface area contributed by atoms with Crippen LogP contribution in [0.5, 0.6) is 0 Å². The first-order chi connectivity index (χ1) is 9.08. The van der Waals surface area contributed by atoms with Gasteiger partial charge in [-0.3, -0.25) is 9.59 Å². The predicted molar refractivity (Wildman–Crippen MR) is 72.3 cm³/mol. The van der Waals surface area contributed by atoms with E-state index in [2.05, 4.69) is 13.8 Å². The molecule has 0 aliphatic carbocycles. The number of primary amides is 1. The molecule has 5 nitrogen and oxygen atoms in total. The summed E-state index contributed by atoms with van der Waals surface area (Å²) in [7, 11) is 0. The Kier molecular flexibility index (Phi) is 8.56. The molecule has 0 aliphatic rings. The van der Waals surface area contributed by atoms with Gasteiger partial charge in [-0.05, 0) is 12.8 Å². The number of nitrogens with two attached hydrogens (primary N) is 1. The van der Waals surface area contributed by atoms with E-state index >= 15 is 0 Å². The number of halogens is 1. The minimum absolute atomic E-state index is 0. The fourth-order valence-corrected chi connectivity index (χ4v) is 1.88. The monoisotopic (exact) mass is 299 g/mol. The SMILES string of the molecule is CCCN(CCC)C(=O)C[n+]1ccc(C(N)=O)cc1.[Cl-]. The Labute approximate surface area is 126 Å². The number of pyridine rings is 1. The number of carbonyl (C=O) groups excluding carboxylic acids is 2. The second-order valence-corrected chi connectivity index (χ2v) is 4.50. The topological polar surface area (TPSA) is 67.3 Å². The first-order valence-corrected chi connectivity index (χ1v) is 6.65. The molecule has 1 heterocycles. The van der Waals surface area contributed by atoms with Crippen LogP contribution in [0, 0.1) is 0 Å². The van der Waals surface area contributed by atoms with E-state index in [1.807, 2.05) is 4.90 Å². The van der Waals surface area contributed by atoms with Gasteiger partial charge in [0, 0.05) is 25.2 Å². The van der Waals surface area contributed by atoms with Crippen LogP contribution in [-0.4, -0.2) is 29.8 Å². The van der Waals surface area contributed by atoms with Crippen LogP contribution in [0.15, 0.2) is 24.5 Å². The Morgan fingerprint density at radius 3 is 2.05 bits per heavy atom.